The third-order valence-electron chi connectivity index (χ3n) is 3.84. The summed E-state index contributed by atoms with van der Waals surface area (Å²) in [6.45, 7) is 4.13. The van der Waals surface area contributed by atoms with E-state index in [9.17, 15) is 9.90 Å². The molecule has 0 aliphatic carbocycles. The molecule has 0 aromatic heterocycles. The molecule has 5 heteroatoms. The number of ether oxygens (including phenoxy) is 3. The molecule has 2 rings (SSSR count). The van der Waals surface area contributed by atoms with Crippen LogP contribution in [0.15, 0.2) is 6.07 Å². The van der Waals surface area contributed by atoms with Crippen molar-refractivity contribution in [1.29, 1.82) is 0 Å². The van der Waals surface area contributed by atoms with Crippen LogP contribution in [0.1, 0.15) is 16.7 Å². The van der Waals surface area contributed by atoms with E-state index in [0.717, 1.165) is 11.1 Å². The molecule has 0 unspecified atom stereocenters. The van der Waals surface area contributed by atoms with Gasteiger partial charge in [-0.1, -0.05) is 0 Å². The van der Waals surface area contributed by atoms with Crippen molar-refractivity contribution in [3.8, 4) is 11.5 Å². The molecule has 0 atom stereocenters. The number of carbonyl (C=O) groups is 1. The summed E-state index contributed by atoms with van der Waals surface area (Å²) in [7, 11) is 3.12. The molecule has 1 aliphatic heterocycles. The largest absolute Gasteiger partial charge is 0.496 e. The minimum Gasteiger partial charge on any atom is -0.496 e. The van der Waals surface area contributed by atoms with E-state index in [-0.39, 0.29) is 13.2 Å². The van der Waals surface area contributed by atoms with Crippen LogP contribution in [-0.4, -0.2) is 38.5 Å². The highest BCUT2D eigenvalue weighted by Gasteiger charge is 2.50. The first kappa shape index (κ1) is 13.7. The second kappa shape index (κ2) is 4.74. The van der Waals surface area contributed by atoms with Crippen LogP contribution in [-0.2, 0) is 14.9 Å². The summed E-state index contributed by atoms with van der Waals surface area (Å²) < 4.78 is 15.9. The van der Waals surface area contributed by atoms with E-state index >= 15 is 0 Å². The van der Waals surface area contributed by atoms with Gasteiger partial charge < -0.3 is 19.3 Å². The second-order valence-corrected chi connectivity index (χ2v) is 4.79. The van der Waals surface area contributed by atoms with Crippen molar-refractivity contribution in [3.05, 3.63) is 22.8 Å². The van der Waals surface area contributed by atoms with E-state index in [1.54, 1.807) is 20.3 Å². The number of hydrogen-bond acceptors (Lipinski definition) is 4. The Bertz CT molecular complexity index is 517. The monoisotopic (exact) mass is 266 g/mol. The van der Waals surface area contributed by atoms with Gasteiger partial charge in [0.1, 0.15) is 16.9 Å². The Balaban J connectivity index is 2.68. The number of carboxylic acids is 1. The molecule has 0 spiro atoms. The molecular weight excluding hydrogens is 248 g/mol. The third kappa shape index (κ3) is 1.85. The predicted octanol–water partition coefficient (Wildman–Crippen LogP) is 1.67. The highest BCUT2D eigenvalue weighted by atomic mass is 16.5. The molecule has 5 nitrogen and oxygen atoms in total. The Labute approximate surface area is 112 Å². The predicted molar refractivity (Wildman–Crippen MR) is 69.2 cm³/mol. The van der Waals surface area contributed by atoms with Crippen LogP contribution in [0.5, 0.6) is 11.5 Å². The lowest BCUT2D eigenvalue weighted by Gasteiger charge is -2.39. The van der Waals surface area contributed by atoms with Crippen LogP contribution in [0, 0.1) is 13.8 Å². The Morgan fingerprint density at radius 3 is 2.26 bits per heavy atom. The van der Waals surface area contributed by atoms with E-state index < -0.39 is 11.4 Å². The first-order valence-corrected chi connectivity index (χ1v) is 6.01. The molecule has 1 saturated heterocycles. The summed E-state index contributed by atoms with van der Waals surface area (Å²) in [6, 6.07) is 1.75. The summed E-state index contributed by atoms with van der Waals surface area (Å²) in [6.07, 6.45) is 0. The summed E-state index contributed by atoms with van der Waals surface area (Å²) in [5, 5.41) is 9.50. The summed E-state index contributed by atoms with van der Waals surface area (Å²) in [4.78, 5) is 11.6. The van der Waals surface area contributed by atoms with Gasteiger partial charge in [-0.15, -0.1) is 0 Å². The summed E-state index contributed by atoms with van der Waals surface area (Å²) >= 11 is 0. The smallest absolute Gasteiger partial charge is 0.319 e. The van der Waals surface area contributed by atoms with Crippen molar-refractivity contribution >= 4 is 5.97 Å². The van der Waals surface area contributed by atoms with E-state index in [4.69, 9.17) is 14.2 Å². The Morgan fingerprint density at radius 2 is 1.89 bits per heavy atom. The maximum absolute atomic E-state index is 11.6. The highest BCUT2D eigenvalue weighted by molar-refractivity contribution is 5.84. The molecule has 0 amide bonds. The lowest BCUT2D eigenvalue weighted by atomic mass is 9.77. The topological polar surface area (TPSA) is 65.0 Å². The second-order valence-electron chi connectivity index (χ2n) is 4.79. The molecule has 0 radical (unpaired) electrons. The zero-order valence-corrected chi connectivity index (χ0v) is 11.6. The van der Waals surface area contributed by atoms with Crippen molar-refractivity contribution in [3.63, 3.8) is 0 Å². The normalized spacial score (nSPS) is 16.6. The van der Waals surface area contributed by atoms with Crippen molar-refractivity contribution in [2.75, 3.05) is 27.4 Å². The molecule has 1 aromatic rings. The van der Waals surface area contributed by atoms with Crippen LogP contribution in [0.3, 0.4) is 0 Å². The van der Waals surface area contributed by atoms with Gasteiger partial charge in [0.15, 0.2) is 0 Å². The lowest BCUT2D eigenvalue weighted by Crippen LogP contribution is -2.53. The van der Waals surface area contributed by atoms with Crippen molar-refractivity contribution in [2.24, 2.45) is 0 Å². The zero-order chi connectivity index (χ0) is 14.2. The quantitative estimate of drug-likeness (QED) is 0.898. The molecule has 1 fully saturated rings. The number of methoxy groups -OCH3 is 2. The average molecular weight is 266 g/mol. The highest BCUT2D eigenvalue weighted by Crippen LogP contribution is 2.43. The maximum Gasteiger partial charge on any atom is 0.319 e. The third-order valence-corrected chi connectivity index (χ3v) is 3.84. The first-order chi connectivity index (χ1) is 8.97. The van der Waals surface area contributed by atoms with Gasteiger partial charge in [-0.05, 0) is 31.0 Å². The number of benzene rings is 1. The Kier molecular flexibility index (Phi) is 3.41. The van der Waals surface area contributed by atoms with Crippen LogP contribution in [0.4, 0.5) is 0 Å². The lowest BCUT2D eigenvalue weighted by molar-refractivity contribution is -0.163. The molecule has 19 heavy (non-hydrogen) atoms. The molecule has 0 bridgehead atoms. The Morgan fingerprint density at radius 1 is 1.26 bits per heavy atom. The Hall–Kier alpha value is -1.75. The molecule has 1 N–H and O–H groups in total. The average Bonchev–Trinajstić information content (AvgIpc) is 2.31. The molecule has 104 valence electrons. The minimum absolute atomic E-state index is 0.157. The fourth-order valence-corrected chi connectivity index (χ4v) is 2.39. The van der Waals surface area contributed by atoms with Crippen LogP contribution in [0.25, 0.3) is 0 Å². The summed E-state index contributed by atoms with van der Waals surface area (Å²) in [5.41, 5.74) is 1.43. The standard InChI is InChI=1S/C14H18O5/c1-8-9(2)12(18-4)10(5-11(8)17-3)14(13(15)16)6-19-7-14/h5H,6-7H2,1-4H3,(H,15,16). The van der Waals surface area contributed by atoms with Gasteiger partial charge in [0.2, 0.25) is 0 Å². The number of hydrogen-bond donors (Lipinski definition) is 1. The summed E-state index contributed by atoms with van der Waals surface area (Å²) in [5.74, 6) is 0.368. The van der Waals surface area contributed by atoms with Gasteiger partial charge in [0, 0.05) is 5.56 Å². The van der Waals surface area contributed by atoms with Crippen molar-refractivity contribution in [2.45, 2.75) is 19.3 Å². The first-order valence-electron chi connectivity index (χ1n) is 6.01. The molecule has 1 heterocycles. The molecule has 1 aromatic carbocycles. The van der Waals surface area contributed by atoms with Gasteiger partial charge in [-0.3, -0.25) is 4.79 Å². The molecular formula is C14H18O5. The van der Waals surface area contributed by atoms with E-state index in [1.807, 2.05) is 13.8 Å². The minimum atomic E-state index is -1.03. The van der Waals surface area contributed by atoms with Gasteiger partial charge in [-0.2, -0.15) is 0 Å². The van der Waals surface area contributed by atoms with Crippen molar-refractivity contribution in [1.82, 2.24) is 0 Å². The van der Waals surface area contributed by atoms with Gasteiger partial charge in [0.05, 0.1) is 27.4 Å². The van der Waals surface area contributed by atoms with Crippen LogP contribution < -0.4 is 9.47 Å². The fourth-order valence-electron chi connectivity index (χ4n) is 2.39. The number of carboxylic acid groups (broad SMARTS) is 1. The number of rotatable bonds is 4. The van der Waals surface area contributed by atoms with Crippen LogP contribution in [0.2, 0.25) is 0 Å². The van der Waals surface area contributed by atoms with E-state index in [0.29, 0.717) is 17.1 Å². The number of aliphatic carboxylic acids is 1. The van der Waals surface area contributed by atoms with Crippen LogP contribution >= 0.6 is 0 Å². The van der Waals surface area contributed by atoms with Gasteiger partial charge in [-0.25, -0.2) is 0 Å². The van der Waals surface area contributed by atoms with E-state index in [2.05, 4.69) is 0 Å². The maximum atomic E-state index is 11.6. The SMILES string of the molecule is COc1cc(C2(C(=O)O)COC2)c(OC)c(C)c1C. The molecule has 1 aliphatic rings. The molecule has 0 saturated carbocycles. The van der Waals surface area contributed by atoms with E-state index in [1.165, 1.54) is 0 Å². The van der Waals surface area contributed by atoms with Gasteiger partial charge >= 0.3 is 5.97 Å². The van der Waals surface area contributed by atoms with Gasteiger partial charge in [0.25, 0.3) is 0 Å². The van der Waals surface area contributed by atoms with Crippen molar-refractivity contribution < 1.29 is 24.1 Å². The fraction of sp³-hybridized carbons (Fsp3) is 0.500. The zero-order valence-electron chi connectivity index (χ0n) is 11.6.